The van der Waals surface area contributed by atoms with Gasteiger partial charge in [0.1, 0.15) is 0 Å². The van der Waals surface area contributed by atoms with Crippen molar-refractivity contribution in [2.45, 2.75) is 19.8 Å². The van der Waals surface area contributed by atoms with Crippen molar-refractivity contribution < 1.29 is 9.59 Å². The Morgan fingerprint density at radius 1 is 1.05 bits per heavy atom. The molecule has 0 aromatic heterocycles. The second kappa shape index (κ2) is 7.18. The van der Waals surface area contributed by atoms with Crippen molar-refractivity contribution in [3.05, 3.63) is 64.1 Å². The Bertz CT molecular complexity index is 650. The second-order valence-corrected chi connectivity index (χ2v) is 5.64. The lowest BCUT2D eigenvalue weighted by Gasteiger charge is -2.06. The lowest BCUT2D eigenvalue weighted by molar-refractivity contribution is -0.114. The zero-order chi connectivity index (χ0) is 15.2. The van der Waals surface area contributed by atoms with E-state index in [1.165, 1.54) is 6.92 Å². The van der Waals surface area contributed by atoms with Crippen molar-refractivity contribution >= 4 is 33.3 Å². The van der Waals surface area contributed by atoms with Crippen molar-refractivity contribution in [3.63, 3.8) is 0 Å². The predicted octanol–water partition coefficient (Wildman–Crippen LogP) is 4.22. The van der Waals surface area contributed by atoms with Gasteiger partial charge < -0.3 is 5.32 Å². The third kappa shape index (κ3) is 4.53. The third-order valence-electron chi connectivity index (χ3n) is 3.09. The van der Waals surface area contributed by atoms with E-state index in [4.69, 9.17) is 0 Å². The molecule has 0 fully saturated rings. The van der Waals surface area contributed by atoms with Crippen LogP contribution in [0.2, 0.25) is 0 Å². The monoisotopic (exact) mass is 345 g/mol. The minimum Gasteiger partial charge on any atom is -0.326 e. The first-order valence-corrected chi connectivity index (χ1v) is 7.50. The maximum absolute atomic E-state index is 12.2. The topological polar surface area (TPSA) is 46.2 Å². The van der Waals surface area contributed by atoms with Crippen LogP contribution in [0.5, 0.6) is 0 Å². The number of aryl methyl sites for hydroxylation is 1. The lowest BCUT2D eigenvalue weighted by atomic mass is 10.0. The minimum absolute atomic E-state index is 0.0909. The number of halogens is 1. The molecule has 0 aliphatic carbocycles. The molecule has 1 amide bonds. The Morgan fingerprint density at radius 3 is 2.33 bits per heavy atom. The van der Waals surface area contributed by atoms with E-state index in [0.29, 0.717) is 18.4 Å². The highest BCUT2D eigenvalue weighted by Crippen LogP contribution is 2.19. The maximum Gasteiger partial charge on any atom is 0.221 e. The van der Waals surface area contributed by atoms with Crippen LogP contribution in [0, 0.1) is 0 Å². The summed E-state index contributed by atoms with van der Waals surface area (Å²) in [6.45, 7) is 1.48. The summed E-state index contributed by atoms with van der Waals surface area (Å²) < 4.78 is 0.830. The van der Waals surface area contributed by atoms with Crippen LogP contribution in [0.1, 0.15) is 29.3 Å². The van der Waals surface area contributed by atoms with Crippen LogP contribution >= 0.6 is 15.9 Å². The average Bonchev–Trinajstić information content (AvgIpc) is 2.46. The van der Waals surface area contributed by atoms with Gasteiger partial charge in [-0.15, -0.1) is 0 Å². The molecule has 2 aromatic rings. The smallest absolute Gasteiger partial charge is 0.221 e. The van der Waals surface area contributed by atoms with Crippen molar-refractivity contribution in [1.82, 2.24) is 0 Å². The van der Waals surface area contributed by atoms with Crippen molar-refractivity contribution in [2.24, 2.45) is 0 Å². The highest BCUT2D eigenvalue weighted by atomic mass is 79.9. The molecule has 0 aliphatic heterocycles. The SMILES string of the molecule is CC(=O)Nc1ccc(CCC(=O)c2ccccc2Br)cc1. The third-order valence-corrected chi connectivity index (χ3v) is 3.78. The number of rotatable bonds is 5. The van der Waals surface area contributed by atoms with E-state index in [2.05, 4.69) is 21.2 Å². The van der Waals surface area contributed by atoms with Gasteiger partial charge in [0.25, 0.3) is 0 Å². The van der Waals surface area contributed by atoms with Crippen molar-refractivity contribution in [2.75, 3.05) is 5.32 Å². The van der Waals surface area contributed by atoms with Crippen LogP contribution in [-0.2, 0) is 11.2 Å². The van der Waals surface area contributed by atoms with Gasteiger partial charge in [-0.3, -0.25) is 9.59 Å². The Kier molecular flexibility index (Phi) is 5.28. The minimum atomic E-state index is -0.0909. The van der Waals surface area contributed by atoms with Gasteiger partial charge in [-0.2, -0.15) is 0 Å². The van der Waals surface area contributed by atoms with Crippen LogP contribution in [-0.4, -0.2) is 11.7 Å². The predicted molar refractivity (Wildman–Crippen MR) is 87.5 cm³/mol. The number of anilines is 1. The van der Waals surface area contributed by atoms with E-state index in [-0.39, 0.29) is 11.7 Å². The molecule has 0 unspecified atom stereocenters. The molecule has 2 rings (SSSR count). The second-order valence-electron chi connectivity index (χ2n) is 4.78. The van der Waals surface area contributed by atoms with E-state index in [0.717, 1.165) is 15.7 Å². The number of carbonyl (C=O) groups excluding carboxylic acids is 2. The zero-order valence-electron chi connectivity index (χ0n) is 11.7. The average molecular weight is 346 g/mol. The molecule has 0 bridgehead atoms. The molecule has 21 heavy (non-hydrogen) atoms. The first kappa shape index (κ1) is 15.4. The molecular formula is C17H16BrNO2. The molecule has 0 saturated heterocycles. The molecule has 3 nitrogen and oxygen atoms in total. The summed E-state index contributed by atoms with van der Waals surface area (Å²) >= 11 is 3.39. The van der Waals surface area contributed by atoms with Gasteiger partial charge in [0.15, 0.2) is 5.78 Å². The fourth-order valence-electron chi connectivity index (χ4n) is 2.04. The van der Waals surface area contributed by atoms with Gasteiger partial charge in [-0.25, -0.2) is 0 Å². The highest BCUT2D eigenvalue weighted by molar-refractivity contribution is 9.10. The zero-order valence-corrected chi connectivity index (χ0v) is 13.3. The summed E-state index contributed by atoms with van der Waals surface area (Å²) in [5.74, 6) is 0.0280. The molecule has 0 saturated carbocycles. The highest BCUT2D eigenvalue weighted by Gasteiger charge is 2.09. The van der Waals surface area contributed by atoms with E-state index >= 15 is 0 Å². The summed E-state index contributed by atoms with van der Waals surface area (Å²) in [7, 11) is 0. The number of Topliss-reactive ketones (excluding diaryl/α,β-unsaturated/α-hetero) is 1. The van der Waals surface area contributed by atoms with Crippen LogP contribution < -0.4 is 5.32 Å². The summed E-state index contributed by atoms with van der Waals surface area (Å²) in [6.07, 6.45) is 1.14. The summed E-state index contributed by atoms with van der Waals surface area (Å²) in [6, 6.07) is 15.0. The van der Waals surface area contributed by atoms with E-state index in [9.17, 15) is 9.59 Å². The Balaban J connectivity index is 1.95. The summed E-state index contributed by atoms with van der Waals surface area (Å²) in [4.78, 5) is 23.1. The van der Waals surface area contributed by atoms with Gasteiger partial charge in [0.05, 0.1) is 0 Å². The molecule has 0 radical (unpaired) electrons. The van der Waals surface area contributed by atoms with Crippen molar-refractivity contribution in [3.8, 4) is 0 Å². The quantitative estimate of drug-likeness (QED) is 0.824. The van der Waals surface area contributed by atoms with Gasteiger partial charge in [-0.05, 0) is 30.2 Å². The van der Waals surface area contributed by atoms with E-state index in [1.54, 1.807) is 0 Å². The molecule has 4 heteroatoms. The van der Waals surface area contributed by atoms with Crippen LogP contribution in [0.4, 0.5) is 5.69 Å². The maximum atomic E-state index is 12.2. The van der Waals surface area contributed by atoms with E-state index < -0.39 is 0 Å². The summed E-state index contributed by atoms with van der Waals surface area (Å²) in [5.41, 5.74) is 2.56. The van der Waals surface area contributed by atoms with Crippen LogP contribution in [0.25, 0.3) is 0 Å². The first-order chi connectivity index (χ1) is 10.1. The largest absolute Gasteiger partial charge is 0.326 e. The van der Waals surface area contributed by atoms with Gasteiger partial charge >= 0.3 is 0 Å². The molecule has 1 N–H and O–H groups in total. The molecule has 2 aromatic carbocycles. The number of amides is 1. The van der Waals surface area contributed by atoms with Gasteiger partial charge in [0, 0.05) is 29.1 Å². The number of nitrogens with one attached hydrogen (secondary N) is 1. The standard InChI is InChI=1S/C17H16BrNO2/c1-12(20)19-14-9-6-13(7-10-14)8-11-17(21)15-4-2-3-5-16(15)18/h2-7,9-10H,8,11H2,1H3,(H,19,20). The number of ketones is 1. The van der Waals surface area contributed by atoms with Gasteiger partial charge in [-0.1, -0.05) is 46.3 Å². The molecule has 0 atom stereocenters. The number of hydrogen-bond acceptors (Lipinski definition) is 2. The fourth-order valence-corrected chi connectivity index (χ4v) is 2.54. The molecule has 0 spiro atoms. The Hall–Kier alpha value is -1.94. The fraction of sp³-hybridized carbons (Fsp3) is 0.176. The Labute approximate surface area is 132 Å². The molecular weight excluding hydrogens is 330 g/mol. The van der Waals surface area contributed by atoms with Crippen molar-refractivity contribution in [1.29, 1.82) is 0 Å². The number of carbonyl (C=O) groups is 2. The Morgan fingerprint density at radius 2 is 1.71 bits per heavy atom. The van der Waals surface area contributed by atoms with Crippen LogP contribution in [0.15, 0.2) is 53.0 Å². The van der Waals surface area contributed by atoms with E-state index in [1.807, 2.05) is 48.5 Å². The molecule has 0 aliphatic rings. The molecule has 0 heterocycles. The normalized spacial score (nSPS) is 10.2. The summed E-state index contributed by atoms with van der Waals surface area (Å²) in [5, 5.41) is 2.72. The number of hydrogen-bond donors (Lipinski definition) is 1. The van der Waals surface area contributed by atoms with Gasteiger partial charge in [0.2, 0.25) is 5.91 Å². The molecule has 108 valence electrons. The lowest BCUT2D eigenvalue weighted by Crippen LogP contribution is -2.05. The first-order valence-electron chi connectivity index (χ1n) is 6.70. The number of benzene rings is 2. The van der Waals surface area contributed by atoms with Crippen LogP contribution in [0.3, 0.4) is 0 Å².